The van der Waals surface area contributed by atoms with Gasteiger partial charge in [-0.1, -0.05) is 19.8 Å². The van der Waals surface area contributed by atoms with Gasteiger partial charge in [0.05, 0.1) is 11.3 Å². The van der Waals surface area contributed by atoms with Crippen molar-refractivity contribution in [1.29, 1.82) is 0 Å². The lowest BCUT2D eigenvalue weighted by Gasteiger charge is -2.29. The van der Waals surface area contributed by atoms with Crippen LogP contribution in [0.4, 0.5) is 0 Å². The number of H-pyrrole nitrogens is 1. The molecule has 1 amide bonds. The van der Waals surface area contributed by atoms with Crippen molar-refractivity contribution in [3.63, 3.8) is 0 Å². The van der Waals surface area contributed by atoms with Gasteiger partial charge in [0.1, 0.15) is 0 Å². The summed E-state index contributed by atoms with van der Waals surface area (Å²) in [6.45, 7) is 5.97. The van der Waals surface area contributed by atoms with Gasteiger partial charge in [0, 0.05) is 11.7 Å². The van der Waals surface area contributed by atoms with E-state index in [2.05, 4.69) is 22.4 Å². The Bertz CT molecular complexity index is 391. The molecule has 0 radical (unpaired) electrons. The lowest BCUT2D eigenvalue weighted by atomic mass is 9.86. The molecule has 0 aromatic carbocycles. The topological polar surface area (TPSA) is 57.8 Å². The molecular weight excluding hydrogens is 214 g/mol. The van der Waals surface area contributed by atoms with Crippen molar-refractivity contribution in [1.82, 2.24) is 15.5 Å². The summed E-state index contributed by atoms with van der Waals surface area (Å²) in [5.74, 6) is 0.604. The summed E-state index contributed by atoms with van der Waals surface area (Å²) in [6, 6.07) is 0.324. The van der Waals surface area contributed by atoms with Gasteiger partial charge in [-0.25, -0.2) is 0 Å². The third kappa shape index (κ3) is 2.51. The van der Waals surface area contributed by atoms with Crippen LogP contribution in [0.5, 0.6) is 0 Å². The van der Waals surface area contributed by atoms with Gasteiger partial charge >= 0.3 is 0 Å². The summed E-state index contributed by atoms with van der Waals surface area (Å²) in [5, 5.41) is 10.1. The van der Waals surface area contributed by atoms with E-state index in [0.29, 0.717) is 17.5 Å². The molecule has 1 saturated carbocycles. The second-order valence-corrected chi connectivity index (χ2v) is 5.15. The van der Waals surface area contributed by atoms with Gasteiger partial charge in [-0.05, 0) is 32.6 Å². The maximum absolute atomic E-state index is 12.2. The minimum atomic E-state index is 0.0208. The molecule has 4 nitrogen and oxygen atoms in total. The molecule has 2 N–H and O–H groups in total. The number of aromatic nitrogens is 2. The molecule has 1 aromatic rings. The predicted octanol–water partition coefficient (Wildman–Crippen LogP) is 2.34. The van der Waals surface area contributed by atoms with E-state index in [-0.39, 0.29) is 5.91 Å². The summed E-state index contributed by atoms with van der Waals surface area (Å²) >= 11 is 0. The number of carbonyl (C=O) groups excluding carboxylic acids is 1. The fraction of sp³-hybridized carbons (Fsp3) is 0.692. The fourth-order valence-electron chi connectivity index (χ4n) is 2.66. The number of nitrogens with one attached hydrogen (secondary N) is 2. The minimum absolute atomic E-state index is 0.0208. The van der Waals surface area contributed by atoms with E-state index in [1.165, 1.54) is 19.3 Å². The second kappa shape index (κ2) is 4.90. The van der Waals surface area contributed by atoms with Crippen molar-refractivity contribution in [2.45, 2.75) is 52.5 Å². The van der Waals surface area contributed by atoms with Crippen LogP contribution in [0.1, 0.15) is 54.4 Å². The molecule has 2 unspecified atom stereocenters. The fourth-order valence-corrected chi connectivity index (χ4v) is 2.66. The summed E-state index contributed by atoms with van der Waals surface area (Å²) in [6.07, 6.45) is 4.83. The molecular formula is C13H21N3O. The summed E-state index contributed by atoms with van der Waals surface area (Å²) in [7, 11) is 0. The molecule has 1 heterocycles. The van der Waals surface area contributed by atoms with E-state index in [9.17, 15) is 4.79 Å². The summed E-state index contributed by atoms with van der Waals surface area (Å²) in [5.41, 5.74) is 2.34. The SMILES string of the molecule is Cc1n[nH]c(C)c1C(=O)NC1CCCCC1C. The highest BCUT2D eigenvalue weighted by Gasteiger charge is 2.25. The summed E-state index contributed by atoms with van der Waals surface area (Å²) < 4.78 is 0. The smallest absolute Gasteiger partial charge is 0.255 e. The summed E-state index contributed by atoms with van der Waals surface area (Å²) in [4.78, 5) is 12.2. The highest BCUT2D eigenvalue weighted by atomic mass is 16.1. The van der Waals surface area contributed by atoms with Crippen LogP contribution in [0, 0.1) is 19.8 Å². The molecule has 17 heavy (non-hydrogen) atoms. The lowest BCUT2D eigenvalue weighted by molar-refractivity contribution is 0.0909. The molecule has 1 aliphatic rings. The van der Waals surface area contributed by atoms with Gasteiger partial charge in [-0.2, -0.15) is 5.10 Å². The highest BCUT2D eigenvalue weighted by Crippen LogP contribution is 2.24. The first-order valence-electron chi connectivity index (χ1n) is 6.42. The molecule has 0 bridgehead atoms. The molecule has 4 heteroatoms. The van der Waals surface area contributed by atoms with Gasteiger partial charge in [-0.3, -0.25) is 9.89 Å². The second-order valence-electron chi connectivity index (χ2n) is 5.15. The zero-order valence-electron chi connectivity index (χ0n) is 10.8. The Labute approximate surface area is 102 Å². The monoisotopic (exact) mass is 235 g/mol. The Balaban J connectivity index is 2.06. The van der Waals surface area contributed by atoms with Crippen LogP contribution in [-0.2, 0) is 0 Å². The molecule has 1 aliphatic carbocycles. The Morgan fingerprint density at radius 3 is 2.65 bits per heavy atom. The first kappa shape index (κ1) is 12.1. The molecule has 94 valence electrons. The number of rotatable bonds is 2. The average Bonchev–Trinajstić information content (AvgIpc) is 2.62. The van der Waals surface area contributed by atoms with Crippen molar-refractivity contribution in [3.05, 3.63) is 17.0 Å². The average molecular weight is 235 g/mol. The Kier molecular flexibility index (Phi) is 3.50. The van der Waals surface area contributed by atoms with Crippen LogP contribution in [0.3, 0.4) is 0 Å². The van der Waals surface area contributed by atoms with E-state index >= 15 is 0 Å². The third-order valence-corrected chi connectivity index (χ3v) is 3.78. The first-order chi connectivity index (χ1) is 8.09. The van der Waals surface area contributed by atoms with Crippen LogP contribution in [-0.4, -0.2) is 22.1 Å². The maximum Gasteiger partial charge on any atom is 0.255 e. The predicted molar refractivity (Wildman–Crippen MR) is 66.9 cm³/mol. The molecule has 1 fully saturated rings. The van der Waals surface area contributed by atoms with Gasteiger partial charge in [-0.15, -0.1) is 0 Å². The van der Waals surface area contributed by atoms with Crippen LogP contribution in [0.15, 0.2) is 0 Å². The number of carbonyl (C=O) groups is 1. The zero-order valence-corrected chi connectivity index (χ0v) is 10.8. The van der Waals surface area contributed by atoms with Gasteiger partial charge in [0.2, 0.25) is 0 Å². The van der Waals surface area contributed by atoms with Crippen molar-refractivity contribution < 1.29 is 4.79 Å². The van der Waals surface area contributed by atoms with Crippen molar-refractivity contribution in [2.75, 3.05) is 0 Å². The molecule has 0 spiro atoms. The Morgan fingerprint density at radius 2 is 2.06 bits per heavy atom. The van der Waals surface area contributed by atoms with E-state index in [4.69, 9.17) is 0 Å². The molecule has 0 saturated heterocycles. The standard InChI is InChI=1S/C13H21N3O/c1-8-6-4-5-7-11(8)14-13(17)12-9(2)15-16-10(12)3/h8,11H,4-7H2,1-3H3,(H,14,17)(H,15,16). The quantitative estimate of drug-likeness (QED) is 0.826. The number of hydrogen-bond acceptors (Lipinski definition) is 2. The molecule has 2 rings (SSSR count). The Morgan fingerprint density at radius 1 is 1.35 bits per heavy atom. The van der Waals surface area contributed by atoms with Crippen LogP contribution in [0.2, 0.25) is 0 Å². The number of amides is 1. The van der Waals surface area contributed by atoms with Crippen LogP contribution < -0.4 is 5.32 Å². The van der Waals surface area contributed by atoms with E-state index < -0.39 is 0 Å². The van der Waals surface area contributed by atoms with Gasteiger partial charge in [0.15, 0.2) is 0 Å². The number of aromatic amines is 1. The zero-order chi connectivity index (χ0) is 12.4. The van der Waals surface area contributed by atoms with Gasteiger partial charge < -0.3 is 5.32 Å². The Hall–Kier alpha value is -1.32. The molecule has 1 aromatic heterocycles. The number of nitrogens with zero attached hydrogens (tertiary/aromatic N) is 1. The molecule has 2 atom stereocenters. The van der Waals surface area contributed by atoms with E-state index in [1.807, 2.05) is 13.8 Å². The largest absolute Gasteiger partial charge is 0.349 e. The van der Waals surface area contributed by atoms with Gasteiger partial charge in [0.25, 0.3) is 5.91 Å². The highest BCUT2D eigenvalue weighted by molar-refractivity contribution is 5.96. The van der Waals surface area contributed by atoms with Crippen molar-refractivity contribution >= 4 is 5.91 Å². The maximum atomic E-state index is 12.2. The number of hydrogen-bond donors (Lipinski definition) is 2. The minimum Gasteiger partial charge on any atom is -0.349 e. The van der Waals surface area contributed by atoms with E-state index in [1.54, 1.807) is 0 Å². The number of aryl methyl sites for hydroxylation is 2. The van der Waals surface area contributed by atoms with Crippen LogP contribution >= 0.6 is 0 Å². The third-order valence-electron chi connectivity index (χ3n) is 3.78. The van der Waals surface area contributed by atoms with Crippen molar-refractivity contribution in [3.8, 4) is 0 Å². The first-order valence-corrected chi connectivity index (χ1v) is 6.42. The van der Waals surface area contributed by atoms with Crippen LogP contribution in [0.25, 0.3) is 0 Å². The van der Waals surface area contributed by atoms with E-state index in [0.717, 1.165) is 17.8 Å². The molecule has 0 aliphatic heterocycles. The lowest BCUT2D eigenvalue weighted by Crippen LogP contribution is -2.41. The van der Waals surface area contributed by atoms with Crippen molar-refractivity contribution in [2.24, 2.45) is 5.92 Å². The normalized spacial score (nSPS) is 24.6.